The molecule has 80 valence electrons. The van der Waals surface area contributed by atoms with Crippen LogP contribution in [0.3, 0.4) is 0 Å². The van der Waals surface area contributed by atoms with Crippen molar-refractivity contribution in [1.29, 1.82) is 0 Å². The summed E-state index contributed by atoms with van der Waals surface area (Å²) in [6, 6.07) is 0.321. The van der Waals surface area contributed by atoms with Crippen molar-refractivity contribution >= 4 is 5.97 Å². The monoisotopic (exact) mass is 198 g/mol. The lowest BCUT2D eigenvalue weighted by atomic mass is 9.78. The van der Waals surface area contributed by atoms with Gasteiger partial charge in [0.15, 0.2) is 0 Å². The topological polar surface area (TPSA) is 43.8 Å². The lowest BCUT2D eigenvalue weighted by Crippen LogP contribution is -2.56. The van der Waals surface area contributed by atoms with Gasteiger partial charge in [-0.1, -0.05) is 0 Å². The van der Waals surface area contributed by atoms with Gasteiger partial charge in [-0.15, -0.1) is 0 Å². The minimum atomic E-state index is -0.611. The van der Waals surface area contributed by atoms with Crippen LogP contribution in [-0.4, -0.2) is 60.1 Å². The molecule has 2 aliphatic rings. The van der Waals surface area contributed by atoms with Crippen LogP contribution in [-0.2, 0) is 4.79 Å². The summed E-state index contributed by atoms with van der Waals surface area (Å²) in [5.74, 6) is -0.710. The van der Waals surface area contributed by atoms with Crippen LogP contribution in [0, 0.1) is 5.92 Å². The Labute approximate surface area is 84.5 Å². The molecule has 2 unspecified atom stereocenters. The molecule has 2 fully saturated rings. The number of nitrogens with zero attached hydrogens (tertiary/aromatic N) is 2. The van der Waals surface area contributed by atoms with Crippen LogP contribution in [0.15, 0.2) is 0 Å². The maximum Gasteiger partial charge on any atom is 0.308 e. The number of carbonyl (C=O) groups is 1. The quantitative estimate of drug-likeness (QED) is 0.683. The zero-order chi connectivity index (χ0) is 10.1. The molecule has 1 heterocycles. The average Bonchev–Trinajstić information content (AvgIpc) is 2.05. The summed E-state index contributed by atoms with van der Waals surface area (Å²) in [5.41, 5.74) is 0. The molecule has 0 aromatic carbocycles. The predicted molar refractivity (Wildman–Crippen MR) is 53.2 cm³/mol. The first-order chi connectivity index (χ1) is 6.68. The number of rotatable bonds is 2. The second-order valence-electron chi connectivity index (χ2n) is 4.43. The molecule has 1 aliphatic carbocycles. The molecule has 1 N–H and O–H groups in total. The lowest BCUT2D eigenvalue weighted by Gasteiger charge is -2.45. The molecule has 2 atom stereocenters. The van der Waals surface area contributed by atoms with E-state index in [9.17, 15) is 4.79 Å². The largest absolute Gasteiger partial charge is 0.481 e. The first kappa shape index (κ1) is 9.93. The van der Waals surface area contributed by atoms with E-state index in [4.69, 9.17) is 5.11 Å². The van der Waals surface area contributed by atoms with E-state index in [1.165, 1.54) is 0 Å². The van der Waals surface area contributed by atoms with Gasteiger partial charge in [0.1, 0.15) is 0 Å². The second kappa shape index (κ2) is 3.87. The van der Waals surface area contributed by atoms with Crippen LogP contribution in [0.4, 0.5) is 0 Å². The van der Waals surface area contributed by atoms with Gasteiger partial charge in [0, 0.05) is 32.2 Å². The van der Waals surface area contributed by atoms with Crippen molar-refractivity contribution in [2.24, 2.45) is 5.92 Å². The van der Waals surface area contributed by atoms with Gasteiger partial charge in [-0.05, 0) is 19.9 Å². The Morgan fingerprint density at radius 3 is 2.29 bits per heavy atom. The molecule has 0 radical (unpaired) electrons. The van der Waals surface area contributed by atoms with Crippen molar-refractivity contribution in [3.05, 3.63) is 0 Å². The van der Waals surface area contributed by atoms with E-state index in [1.54, 1.807) is 0 Å². The average molecular weight is 198 g/mol. The Kier molecular flexibility index (Phi) is 2.74. The van der Waals surface area contributed by atoms with E-state index in [0.717, 1.165) is 39.0 Å². The fourth-order valence-corrected chi connectivity index (χ4v) is 2.36. The smallest absolute Gasteiger partial charge is 0.308 e. The van der Waals surface area contributed by atoms with Crippen LogP contribution in [0.25, 0.3) is 0 Å². The number of carboxylic acids is 1. The summed E-state index contributed by atoms with van der Waals surface area (Å²) in [6.07, 6.45) is 1.94. The van der Waals surface area contributed by atoms with Crippen LogP contribution in [0.1, 0.15) is 12.8 Å². The van der Waals surface area contributed by atoms with Crippen LogP contribution in [0.5, 0.6) is 0 Å². The highest BCUT2D eigenvalue weighted by Crippen LogP contribution is 2.32. The van der Waals surface area contributed by atoms with Gasteiger partial charge in [-0.2, -0.15) is 0 Å². The Hall–Kier alpha value is -0.610. The third kappa shape index (κ3) is 1.77. The lowest BCUT2D eigenvalue weighted by molar-refractivity contribution is -0.149. The van der Waals surface area contributed by atoms with Crippen LogP contribution in [0.2, 0.25) is 0 Å². The van der Waals surface area contributed by atoms with Crippen molar-refractivity contribution in [3.63, 3.8) is 0 Å². The Morgan fingerprint density at radius 1 is 1.21 bits per heavy atom. The van der Waals surface area contributed by atoms with Crippen molar-refractivity contribution in [1.82, 2.24) is 9.80 Å². The minimum absolute atomic E-state index is 0.0987. The van der Waals surface area contributed by atoms with Crippen LogP contribution >= 0.6 is 0 Å². The standard InChI is InChI=1S/C10H18N2O2/c1-11-4-6-12(7-5-11)9-3-2-8(9)10(13)14/h8-9H,2-7H2,1H3,(H,13,14). The molecule has 0 amide bonds. The number of hydrogen-bond acceptors (Lipinski definition) is 3. The third-order valence-corrected chi connectivity index (χ3v) is 3.56. The molecule has 14 heavy (non-hydrogen) atoms. The third-order valence-electron chi connectivity index (χ3n) is 3.56. The predicted octanol–water partition coefficient (Wildman–Crippen LogP) is 0.0970. The summed E-state index contributed by atoms with van der Waals surface area (Å²) in [7, 11) is 2.12. The zero-order valence-corrected chi connectivity index (χ0v) is 8.65. The molecule has 4 heteroatoms. The molecule has 1 aliphatic heterocycles. The number of aliphatic carboxylic acids is 1. The van der Waals surface area contributed by atoms with Crippen molar-refractivity contribution < 1.29 is 9.90 Å². The molecule has 0 bridgehead atoms. The van der Waals surface area contributed by atoms with E-state index < -0.39 is 5.97 Å². The van der Waals surface area contributed by atoms with E-state index in [0.29, 0.717) is 6.04 Å². The molecule has 2 rings (SSSR count). The van der Waals surface area contributed by atoms with E-state index >= 15 is 0 Å². The number of hydrogen-bond donors (Lipinski definition) is 1. The minimum Gasteiger partial charge on any atom is -0.481 e. The number of carboxylic acid groups (broad SMARTS) is 1. The SMILES string of the molecule is CN1CCN(C2CCC2C(=O)O)CC1. The summed E-state index contributed by atoms with van der Waals surface area (Å²) >= 11 is 0. The molecule has 0 spiro atoms. The van der Waals surface area contributed by atoms with E-state index in [2.05, 4.69) is 16.8 Å². The van der Waals surface area contributed by atoms with E-state index in [-0.39, 0.29) is 5.92 Å². The maximum atomic E-state index is 10.9. The first-order valence-corrected chi connectivity index (χ1v) is 5.34. The van der Waals surface area contributed by atoms with Gasteiger partial charge in [-0.25, -0.2) is 0 Å². The highest BCUT2D eigenvalue weighted by Gasteiger charge is 2.40. The Balaban J connectivity index is 1.87. The van der Waals surface area contributed by atoms with Gasteiger partial charge in [-0.3, -0.25) is 9.69 Å². The van der Waals surface area contributed by atoms with Gasteiger partial charge < -0.3 is 10.0 Å². The molecule has 0 aromatic rings. The first-order valence-electron chi connectivity index (χ1n) is 5.34. The summed E-state index contributed by atoms with van der Waals surface area (Å²) < 4.78 is 0. The van der Waals surface area contributed by atoms with Crippen molar-refractivity contribution in [3.8, 4) is 0 Å². The summed E-state index contributed by atoms with van der Waals surface area (Å²) in [4.78, 5) is 15.5. The molecule has 1 saturated heterocycles. The Bertz CT molecular complexity index is 224. The molecule has 4 nitrogen and oxygen atoms in total. The molecule has 0 aromatic heterocycles. The fourth-order valence-electron chi connectivity index (χ4n) is 2.36. The Morgan fingerprint density at radius 2 is 1.86 bits per heavy atom. The molecule has 1 saturated carbocycles. The molecular weight excluding hydrogens is 180 g/mol. The van der Waals surface area contributed by atoms with Gasteiger partial charge in [0.2, 0.25) is 0 Å². The van der Waals surface area contributed by atoms with Crippen molar-refractivity contribution in [2.45, 2.75) is 18.9 Å². The van der Waals surface area contributed by atoms with E-state index in [1.807, 2.05) is 0 Å². The summed E-state index contributed by atoms with van der Waals surface area (Å²) in [6.45, 7) is 4.21. The fraction of sp³-hybridized carbons (Fsp3) is 0.900. The maximum absolute atomic E-state index is 10.9. The highest BCUT2D eigenvalue weighted by atomic mass is 16.4. The van der Waals surface area contributed by atoms with Crippen LogP contribution < -0.4 is 0 Å². The zero-order valence-electron chi connectivity index (χ0n) is 8.65. The molecular formula is C10H18N2O2. The van der Waals surface area contributed by atoms with Gasteiger partial charge >= 0.3 is 5.97 Å². The number of likely N-dealkylation sites (N-methyl/N-ethyl adjacent to an activating group) is 1. The van der Waals surface area contributed by atoms with Gasteiger partial charge in [0.05, 0.1) is 5.92 Å². The highest BCUT2D eigenvalue weighted by molar-refractivity contribution is 5.72. The number of piperazine rings is 1. The van der Waals surface area contributed by atoms with Gasteiger partial charge in [0.25, 0.3) is 0 Å². The summed E-state index contributed by atoms with van der Waals surface area (Å²) in [5, 5.41) is 8.95. The normalized spacial score (nSPS) is 35.2. The second-order valence-corrected chi connectivity index (χ2v) is 4.43. The van der Waals surface area contributed by atoms with Crippen molar-refractivity contribution in [2.75, 3.05) is 33.2 Å².